The average molecular weight is 372 g/mol. The first kappa shape index (κ1) is 17.7. The maximum atomic E-state index is 12.8. The molecule has 2 aromatic carbocycles. The molecule has 0 aliphatic heterocycles. The van der Waals surface area contributed by atoms with Crippen molar-refractivity contribution in [2.75, 3.05) is 0 Å². The number of hydrogen-bond donors (Lipinski definition) is 0. The number of nitro groups is 1. The third-order valence-corrected chi connectivity index (χ3v) is 5.03. The van der Waals surface area contributed by atoms with E-state index in [2.05, 4.69) is 17.1 Å². The quantitative estimate of drug-likeness (QED) is 0.178. The van der Waals surface area contributed by atoms with E-state index in [1.54, 1.807) is 6.20 Å². The van der Waals surface area contributed by atoms with Crippen molar-refractivity contribution in [3.63, 3.8) is 0 Å². The highest BCUT2D eigenvalue weighted by Crippen LogP contribution is 2.25. The molecule has 138 valence electrons. The van der Waals surface area contributed by atoms with Crippen LogP contribution in [0.2, 0.25) is 0 Å². The summed E-state index contributed by atoms with van der Waals surface area (Å²) in [4.78, 5) is 27.7. The van der Waals surface area contributed by atoms with Crippen LogP contribution in [0, 0.1) is 24.0 Å². The fourth-order valence-corrected chi connectivity index (χ4v) is 3.46. The van der Waals surface area contributed by atoms with E-state index < -0.39 is 4.92 Å². The molecule has 0 bridgehead atoms. The summed E-state index contributed by atoms with van der Waals surface area (Å²) in [6.07, 6.45) is 3.67. The molecule has 0 unspecified atom stereocenters. The number of nitrogens with zero attached hydrogens (tertiary/aromatic N) is 3. The normalized spacial score (nSPS) is 11.1. The van der Waals surface area contributed by atoms with Gasteiger partial charge in [-0.15, -0.1) is 0 Å². The molecule has 0 saturated heterocycles. The van der Waals surface area contributed by atoms with Crippen molar-refractivity contribution in [3.05, 3.63) is 87.7 Å². The smallest absolute Gasteiger partial charge is 0.269 e. The number of Topliss-reactive ketones (excluding diaryl/α,β-unsaturated/α-hetero) is 1. The molecule has 0 radical (unpaired) electrons. The Kier molecular flexibility index (Phi) is 4.31. The van der Waals surface area contributed by atoms with E-state index in [1.165, 1.54) is 24.3 Å². The van der Waals surface area contributed by atoms with Gasteiger partial charge >= 0.3 is 0 Å². The zero-order valence-corrected chi connectivity index (χ0v) is 15.5. The Hall–Kier alpha value is -3.67. The van der Waals surface area contributed by atoms with Crippen molar-refractivity contribution in [1.29, 1.82) is 0 Å². The largest absolute Gasteiger partial charge is 0.287 e. The fourth-order valence-electron chi connectivity index (χ4n) is 3.46. The number of non-ortho nitro benzene ring substituents is 1. The molecule has 0 atom stereocenters. The summed E-state index contributed by atoms with van der Waals surface area (Å²) < 4.78 is 1.90. The maximum absolute atomic E-state index is 12.8. The van der Waals surface area contributed by atoms with Gasteiger partial charge in [0.2, 0.25) is 17.8 Å². The molecule has 0 aliphatic rings. The average Bonchev–Trinajstić information content (AvgIpc) is 2.70. The molecule has 0 N–H and O–H groups in total. The number of pyridine rings is 2. The summed E-state index contributed by atoms with van der Waals surface area (Å²) in [5.41, 5.74) is 4.42. The van der Waals surface area contributed by atoms with E-state index >= 15 is 0 Å². The van der Waals surface area contributed by atoms with Crippen LogP contribution in [-0.2, 0) is 6.54 Å². The zero-order valence-electron chi connectivity index (χ0n) is 15.5. The van der Waals surface area contributed by atoms with Crippen LogP contribution in [0.4, 0.5) is 5.69 Å². The molecule has 0 fully saturated rings. The summed E-state index contributed by atoms with van der Waals surface area (Å²) in [5, 5.41) is 12.9. The first-order chi connectivity index (χ1) is 13.5. The molecule has 4 rings (SSSR count). The molecule has 2 heterocycles. The highest BCUT2D eigenvalue weighted by atomic mass is 16.6. The second-order valence-electron chi connectivity index (χ2n) is 6.84. The van der Waals surface area contributed by atoms with Gasteiger partial charge in [0.05, 0.1) is 10.3 Å². The highest BCUT2D eigenvalue weighted by Gasteiger charge is 2.20. The van der Waals surface area contributed by atoms with E-state index in [0.29, 0.717) is 5.56 Å². The maximum Gasteiger partial charge on any atom is 0.269 e. The topological polar surface area (TPSA) is 77.0 Å². The Morgan fingerprint density at radius 2 is 1.68 bits per heavy atom. The summed E-state index contributed by atoms with van der Waals surface area (Å²) in [6.45, 7) is 4.20. The predicted molar refractivity (Wildman–Crippen MR) is 106 cm³/mol. The molecule has 0 spiro atoms. The second-order valence-corrected chi connectivity index (χ2v) is 6.84. The van der Waals surface area contributed by atoms with Crippen LogP contribution < -0.4 is 4.57 Å². The Morgan fingerprint density at radius 3 is 2.39 bits per heavy atom. The summed E-state index contributed by atoms with van der Waals surface area (Å²) >= 11 is 0. The van der Waals surface area contributed by atoms with Gasteiger partial charge < -0.3 is 0 Å². The molecule has 4 aromatic rings. The lowest BCUT2D eigenvalue weighted by molar-refractivity contribution is -0.656. The SMILES string of the molecule is Cc1ccnc2c1ccc1c(C)cc[n+](CC(=O)c3ccc([N+](=O)[O-])cc3)c12. The van der Waals surface area contributed by atoms with Crippen LogP contribution in [0.5, 0.6) is 0 Å². The number of rotatable bonds is 4. The molecule has 6 heteroatoms. The van der Waals surface area contributed by atoms with Gasteiger partial charge in [0, 0.05) is 35.3 Å². The minimum atomic E-state index is -0.476. The molecule has 0 aliphatic carbocycles. The van der Waals surface area contributed by atoms with Crippen LogP contribution in [-0.4, -0.2) is 15.7 Å². The first-order valence-corrected chi connectivity index (χ1v) is 8.90. The number of carbonyl (C=O) groups excluding carboxylic acids is 1. The second kappa shape index (κ2) is 6.81. The number of benzene rings is 2. The Morgan fingerprint density at radius 1 is 1.00 bits per heavy atom. The van der Waals surface area contributed by atoms with Gasteiger partial charge in [0.15, 0.2) is 6.20 Å². The van der Waals surface area contributed by atoms with E-state index in [0.717, 1.165) is 32.9 Å². The Balaban J connectivity index is 1.82. The van der Waals surface area contributed by atoms with E-state index in [4.69, 9.17) is 0 Å². The monoisotopic (exact) mass is 372 g/mol. The van der Waals surface area contributed by atoms with Crippen LogP contribution >= 0.6 is 0 Å². The van der Waals surface area contributed by atoms with Gasteiger partial charge in [-0.3, -0.25) is 14.9 Å². The minimum Gasteiger partial charge on any atom is -0.287 e. The summed E-state index contributed by atoms with van der Waals surface area (Å²) in [5.74, 6) is -0.116. The van der Waals surface area contributed by atoms with Crippen LogP contribution in [0.3, 0.4) is 0 Å². The van der Waals surface area contributed by atoms with Gasteiger partial charge in [0.1, 0.15) is 5.52 Å². The van der Waals surface area contributed by atoms with Gasteiger partial charge in [0.25, 0.3) is 5.69 Å². The molecule has 2 aromatic heterocycles. The van der Waals surface area contributed by atoms with Gasteiger partial charge in [-0.05, 0) is 49.2 Å². The van der Waals surface area contributed by atoms with E-state index in [9.17, 15) is 14.9 Å². The Labute approximate surface area is 161 Å². The lowest BCUT2D eigenvalue weighted by atomic mass is 10.0. The van der Waals surface area contributed by atoms with E-state index in [1.807, 2.05) is 36.7 Å². The molecule has 0 saturated carbocycles. The first-order valence-electron chi connectivity index (χ1n) is 8.90. The number of aryl methyl sites for hydroxylation is 2. The summed E-state index contributed by atoms with van der Waals surface area (Å²) in [6, 6.07) is 13.8. The number of hydrogen-bond acceptors (Lipinski definition) is 4. The lowest BCUT2D eigenvalue weighted by Gasteiger charge is -2.08. The van der Waals surface area contributed by atoms with Crippen molar-refractivity contribution < 1.29 is 14.3 Å². The van der Waals surface area contributed by atoms with Gasteiger partial charge in [-0.2, -0.15) is 4.57 Å². The number of ketones is 1. The van der Waals surface area contributed by atoms with Crippen LogP contribution in [0.15, 0.2) is 60.9 Å². The molecule has 0 amide bonds. The summed E-state index contributed by atoms with van der Waals surface area (Å²) in [7, 11) is 0. The van der Waals surface area contributed by atoms with E-state index in [-0.39, 0.29) is 18.0 Å². The predicted octanol–water partition coefficient (Wildman–Crippen LogP) is 4.08. The third-order valence-electron chi connectivity index (χ3n) is 5.03. The standard InChI is InChI=1S/C22H18N3O3/c1-14-9-11-23-21-18(14)7-8-19-15(2)10-12-24(22(19)21)13-20(26)16-3-5-17(6-4-16)25(27)28/h3-12H,13H2,1-2H3/q+1. The molecular weight excluding hydrogens is 354 g/mol. The molecular formula is C22H18N3O3+. The number of fused-ring (bicyclic) bond motifs is 3. The van der Waals surface area contributed by atoms with Crippen molar-refractivity contribution in [3.8, 4) is 0 Å². The van der Waals surface area contributed by atoms with Crippen molar-refractivity contribution in [2.45, 2.75) is 20.4 Å². The lowest BCUT2D eigenvalue weighted by Crippen LogP contribution is -2.38. The molecule has 28 heavy (non-hydrogen) atoms. The minimum absolute atomic E-state index is 0.0318. The van der Waals surface area contributed by atoms with Crippen molar-refractivity contribution in [2.24, 2.45) is 0 Å². The Bertz CT molecular complexity index is 1250. The van der Waals surface area contributed by atoms with Crippen LogP contribution in [0.25, 0.3) is 21.8 Å². The number of carbonyl (C=O) groups is 1. The van der Waals surface area contributed by atoms with Gasteiger partial charge in [-0.1, -0.05) is 6.07 Å². The van der Waals surface area contributed by atoms with Gasteiger partial charge in [-0.25, -0.2) is 4.98 Å². The van der Waals surface area contributed by atoms with Crippen LogP contribution in [0.1, 0.15) is 21.5 Å². The fraction of sp³-hybridized carbons (Fsp3) is 0.136. The zero-order chi connectivity index (χ0) is 19.8. The molecule has 6 nitrogen and oxygen atoms in total. The highest BCUT2D eigenvalue weighted by molar-refractivity contribution is 6.03. The number of nitro benzene ring substituents is 1. The number of aromatic nitrogens is 2. The third kappa shape index (κ3) is 2.99. The van der Waals surface area contributed by atoms with Crippen molar-refractivity contribution in [1.82, 2.24) is 4.98 Å². The van der Waals surface area contributed by atoms with Crippen molar-refractivity contribution >= 4 is 33.3 Å².